The van der Waals surface area contributed by atoms with Crippen LogP contribution in [0.1, 0.15) is 5.89 Å². The Kier molecular flexibility index (Phi) is 3.07. The molecule has 0 amide bonds. The van der Waals surface area contributed by atoms with Crippen LogP contribution in [0, 0.1) is 0 Å². The molecule has 8 heteroatoms. The highest BCUT2D eigenvalue weighted by molar-refractivity contribution is 6.05. The largest absolute Gasteiger partial charge is 0.450 e. The summed E-state index contributed by atoms with van der Waals surface area (Å²) in [5.41, 5.74) is 2.16. The van der Waals surface area contributed by atoms with E-state index < -0.39 is 0 Å². The number of hydrogen-bond acceptors (Lipinski definition) is 8. The fourth-order valence-electron chi connectivity index (χ4n) is 2.31. The Labute approximate surface area is 131 Å². The molecule has 0 atom stereocenters. The third-order valence-electron chi connectivity index (χ3n) is 3.42. The first-order valence-electron chi connectivity index (χ1n) is 7.08. The molecule has 23 heavy (non-hydrogen) atoms. The lowest BCUT2D eigenvalue weighted by atomic mass is 10.2. The Morgan fingerprint density at radius 3 is 2.87 bits per heavy atom. The van der Waals surface area contributed by atoms with E-state index in [2.05, 4.69) is 25.4 Å². The predicted octanol–water partition coefficient (Wildman–Crippen LogP) is 2.44. The molecule has 0 radical (unpaired) electrons. The summed E-state index contributed by atoms with van der Waals surface area (Å²) in [6.45, 7) is 0.351. The van der Waals surface area contributed by atoms with Gasteiger partial charge < -0.3 is 19.2 Å². The molecule has 1 aromatic carbocycles. The van der Waals surface area contributed by atoms with Gasteiger partial charge in [-0.1, -0.05) is 12.1 Å². The standard InChI is InChI=1S/C15H14N6O2/c1-21(2)15-19-11(23-20-15)7-16-14-13-12(17-8-18-14)9-5-3-4-6-10(9)22-13/h3-6,8H,7H2,1-2H3,(H,16,17,18). The van der Waals surface area contributed by atoms with E-state index in [-0.39, 0.29) is 0 Å². The van der Waals surface area contributed by atoms with Gasteiger partial charge in [0.15, 0.2) is 11.4 Å². The lowest BCUT2D eigenvalue weighted by Gasteiger charge is -2.03. The number of fused-ring (bicyclic) bond motifs is 3. The highest BCUT2D eigenvalue weighted by atomic mass is 16.5. The van der Waals surface area contributed by atoms with Gasteiger partial charge in [-0.25, -0.2) is 9.97 Å². The van der Waals surface area contributed by atoms with Gasteiger partial charge in [0.2, 0.25) is 5.89 Å². The third kappa shape index (κ3) is 2.33. The van der Waals surface area contributed by atoms with Gasteiger partial charge in [-0.15, -0.1) is 0 Å². The topological polar surface area (TPSA) is 93.1 Å². The first-order chi connectivity index (χ1) is 11.2. The van der Waals surface area contributed by atoms with Crippen LogP contribution in [0.4, 0.5) is 11.8 Å². The second-order valence-corrected chi connectivity index (χ2v) is 5.23. The Hall–Kier alpha value is -3.16. The number of hydrogen-bond donors (Lipinski definition) is 1. The quantitative estimate of drug-likeness (QED) is 0.614. The average Bonchev–Trinajstić information content (AvgIpc) is 3.18. The van der Waals surface area contributed by atoms with E-state index in [1.54, 1.807) is 4.90 Å². The molecule has 0 aliphatic heterocycles. The maximum atomic E-state index is 5.85. The Morgan fingerprint density at radius 1 is 1.17 bits per heavy atom. The molecule has 4 rings (SSSR count). The number of nitrogens with zero attached hydrogens (tertiary/aromatic N) is 5. The van der Waals surface area contributed by atoms with E-state index in [1.807, 2.05) is 38.4 Å². The van der Waals surface area contributed by atoms with Crippen molar-refractivity contribution in [1.82, 2.24) is 20.1 Å². The maximum absolute atomic E-state index is 5.85. The number of benzene rings is 1. The van der Waals surface area contributed by atoms with Crippen molar-refractivity contribution in [3.8, 4) is 0 Å². The molecule has 0 saturated heterocycles. The van der Waals surface area contributed by atoms with Crippen LogP contribution in [0.25, 0.3) is 22.1 Å². The molecule has 3 aromatic heterocycles. The Morgan fingerprint density at radius 2 is 2.04 bits per heavy atom. The molecule has 3 heterocycles. The summed E-state index contributed by atoms with van der Waals surface area (Å²) < 4.78 is 11.0. The molecule has 4 aromatic rings. The first-order valence-corrected chi connectivity index (χ1v) is 7.08. The number of nitrogens with one attached hydrogen (secondary N) is 1. The minimum atomic E-state index is 0.351. The third-order valence-corrected chi connectivity index (χ3v) is 3.42. The van der Waals surface area contributed by atoms with Gasteiger partial charge in [0.25, 0.3) is 5.95 Å². The second kappa shape index (κ2) is 5.24. The van der Waals surface area contributed by atoms with Crippen LogP contribution >= 0.6 is 0 Å². The Balaban J connectivity index is 1.66. The highest BCUT2D eigenvalue weighted by Gasteiger charge is 2.14. The van der Waals surface area contributed by atoms with Crippen molar-refractivity contribution >= 4 is 33.8 Å². The number of para-hydroxylation sites is 1. The zero-order valence-corrected chi connectivity index (χ0v) is 12.6. The molecule has 0 spiro atoms. The molecule has 8 nitrogen and oxygen atoms in total. The fraction of sp³-hybridized carbons (Fsp3) is 0.200. The molecule has 0 saturated carbocycles. The first kappa shape index (κ1) is 13.5. The van der Waals surface area contributed by atoms with Crippen LogP contribution in [0.2, 0.25) is 0 Å². The van der Waals surface area contributed by atoms with Gasteiger partial charge in [0.05, 0.1) is 6.54 Å². The van der Waals surface area contributed by atoms with Gasteiger partial charge in [0, 0.05) is 19.5 Å². The lowest BCUT2D eigenvalue weighted by molar-refractivity contribution is 0.383. The van der Waals surface area contributed by atoms with Gasteiger partial charge in [-0.05, 0) is 17.3 Å². The van der Waals surface area contributed by atoms with Gasteiger partial charge >= 0.3 is 0 Å². The molecule has 1 N–H and O–H groups in total. The van der Waals surface area contributed by atoms with Gasteiger partial charge in [-0.2, -0.15) is 4.98 Å². The minimum Gasteiger partial charge on any atom is -0.450 e. The number of furan rings is 1. The van der Waals surface area contributed by atoms with Crippen molar-refractivity contribution in [3.05, 3.63) is 36.5 Å². The number of aromatic nitrogens is 4. The van der Waals surface area contributed by atoms with Gasteiger partial charge in [-0.3, -0.25) is 0 Å². The Bertz CT molecular complexity index is 974. The summed E-state index contributed by atoms with van der Waals surface area (Å²) >= 11 is 0. The SMILES string of the molecule is CN(C)c1noc(CNc2ncnc3c2oc2ccccc23)n1. The summed E-state index contributed by atoms with van der Waals surface area (Å²) in [7, 11) is 3.70. The average molecular weight is 310 g/mol. The number of anilines is 2. The van der Waals surface area contributed by atoms with Crippen LogP contribution in [-0.2, 0) is 6.54 Å². The minimum absolute atomic E-state index is 0.351. The summed E-state index contributed by atoms with van der Waals surface area (Å²) in [6.07, 6.45) is 1.51. The van der Waals surface area contributed by atoms with Crippen molar-refractivity contribution in [3.63, 3.8) is 0 Å². The highest BCUT2D eigenvalue weighted by Crippen LogP contribution is 2.30. The van der Waals surface area contributed by atoms with Crippen LogP contribution < -0.4 is 10.2 Å². The maximum Gasteiger partial charge on any atom is 0.265 e. The molecule has 0 fully saturated rings. The zero-order valence-electron chi connectivity index (χ0n) is 12.6. The second-order valence-electron chi connectivity index (χ2n) is 5.23. The molecule has 0 bridgehead atoms. The number of rotatable bonds is 4. The fourth-order valence-corrected chi connectivity index (χ4v) is 2.31. The molecule has 116 valence electrons. The van der Waals surface area contributed by atoms with Crippen LogP contribution in [0.5, 0.6) is 0 Å². The predicted molar refractivity (Wildman–Crippen MR) is 85.3 cm³/mol. The normalized spacial score (nSPS) is 11.2. The molecular weight excluding hydrogens is 296 g/mol. The molecule has 0 unspecified atom stereocenters. The molecule has 0 aliphatic carbocycles. The zero-order chi connectivity index (χ0) is 15.8. The van der Waals surface area contributed by atoms with Crippen molar-refractivity contribution in [2.24, 2.45) is 0 Å². The van der Waals surface area contributed by atoms with Gasteiger partial charge in [0.1, 0.15) is 17.4 Å². The smallest absolute Gasteiger partial charge is 0.265 e. The van der Waals surface area contributed by atoms with Crippen LogP contribution in [-0.4, -0.2) is 34.2 Å². The summed E-state index contributed by atoms with van der Waals surface area (Å²) in [5, 5.41) is 7.99. The summed E-state index contributed by atoms with van der Waals surface area (Å²) in [4.78, 5) is 14.6. The van der Waals surface area contributed by atoms with E-state index >= 15 is 0 Å². The monoisotopic (exact) mass is 310 g/mol. The van der Waals surface area contributed by atoms with Crippen molar-refractivity contribution < 1.29 is 8.94 Å². The van der Waals surface area contributed by atoms with E-state index in [9.17, 15) is 0 Å². The van der Waals surface area contributed by atoms with Crippen LogP contribution in [0.3, 0.4) is 0 Å². The van der Waals surface area contributed by atoms with Crippen LogP contribution in [0.15, 0.2) is 39.5 Å². The summed E-state index contributed by atoms with van der Waals surface area (Å²) in [5.74, 6) is 1.59. The van der Waals surface area contributed by atoms with E-state index in [1.165, 1.54) is 6.33 Å². The van der Waals surface area contributed by atoms with E-state index in [0.29, 0.717) is 29.8 Å². The molecular formula is C15H14N6O2. The van der Waals surface area contributed by atoms with Crippen molar-refractivity contribution in [2.75, 3.05) is 24.3 Å². The lowest BCUT2D eigenvalue weighted by Crippen LogP contribution is -2.10. The summed E-state index contributed by atoms with van der Waals surface area (Å²) in [6, 6.07) is 7.75. The molecule has 0 aliphatic rings. The van der Waals surface area contributed by atoms with E-state index in [0.717, 1.165) is 16.5 Å². The van der Waals surface area contributed by atoms with E-state index in [4.69, 9.17) is 8.94 Å². The van der Waals surface area contributed by atoms with Crippen molar-refractivity contribution in [1.29, 1.82) is 0 Å². The van der Waals surface area contributed by atoms with Crippen molar-refractivity contribution in [2.45, 2.75) is 6.54 Å².